The normalized spacial score (nSPS) is 30.6. The van der Waals surface area contributed by atoms with Gasteiger partial charge in [0.05, 0.1) is 19.1 Å². The molecule has 2 atom stereocenters. The molecule has 1 saturated heterocycles. The van der Waals surface area contributed by atoms with Crippen LogP contribution in [0.4, 0.5) is 0 Å². The number of hydrogen-bond donors (Lipinski definition) is 2. The van der Waals surface area contributed by atoms with Crippen LogP contribution in [-0.2, 0) is 9.53 Å². The molecule has 4 nitrogen and oxygen atoms in total. The second-order valence-corrected chi connectivity index (χ2v) is 2.71. The van der Waals surface area contributed by atoms with Crippen molar-refractivity contribution in [3.63, 3.8) is 0 Å². The first-order valence-electron chi connectivity index (χ1n) is 3.86. The van der Waals surface area contributed by atoms with Crippen LogP contribution >= 0.6 is 0 Å². The highest BCUT2D eigenvalue weighted by Crippen LogP contribution is 2.12. The molecule has 0 bridgehead atoms. The number of rotatable bonds is 3. The zero-order chi connectivity index (χ0) is 8.27. The number of nitrogens with one attached hydrogen (secondary N) is 1. The van der Waals surface area contributed by atoms with Crippen LogP contribution in [0.15, 0.2) is 0 Å². The van der Waals surface area contributed by atoms with Gasteiger partial charge in [0.15, 0.2) is 0 Å². The van der Waals surface area contributed by atoms with Crippen molar-refractivity contribution in [2.24, 2.45) is 11.7 Å². The quantitative estimate of drug-likeness (QED) is 0.559. The van der Waals surface area contributed by atoms with Gasteiger partial charge in [-0.25, -0.2) is 0 Å². The highest BCUT2D eigenvalue weighted by atomic mass is 16.5. The first kappa shape index (κ1) is 8.49. The second kappa shape index (κ2) is 3.69. The van der Waals surface area contributed by atoms with Gasteiger partial charge in [-0.2, -0.15) is 0 Å². The Labute approximate surface area is 66.1 Å². The zero-order valence-electron chi connectivity index (χ0n) is 6.67. The van der Waals surface area contributed by atoms with Crippen molar-refractivity contribution in [1.82, 2.24) is 5.32 Å². The molecule has 1 amide bonds. The summed E-state index contributed by atoms with van der Waals surface area (Å²) in [5.41, 5.74) is 5.16. The van der Waals surface area contributed by atoms with Gasteiger partial charge in [-0.3, -0.25) is 4.79 Å². The molecule has 4 heteroatoms. The summed E-state index contributed by atoms with van der Waals surface area (Å²) in [5.74, 6) is -0.414. The Kier molecular flexibility index (Phi) is 2.84. The number of likely N-dealkylation sites (N-methyl/N-ethyl adjacent to an activating group) is 1. The Morgan fingerprint density at radius 1 is 1.73 bits per heavy atom. The molecule has 0 radical (unpaired) electrons. The van der Waals surface area contributed by atoms with E-state index in [0.717, 1.165) is 6.54 Å². The molecular formula is C7H14N2O2. The average Bonchev–Trinajstić information content (AvgIpc) is 2.36. The van der Waals surface area contributed by atoms with Crippen molar-refractivity contribution in [3.8, 4) is 0 Å². The van der Waals surface area contributed by atoms with E-state index < -0.39 is 0 Å². The number of carbonyl (C=O) groups excluding carboxylic acids is 1. The van der Waals surface area contributed by atoms with Crippen LogP contribution in [0.1, 0.15) is 6.92 Å². The van der Waals surface area contributed by atoms with Gasteiger partial charge in [-0.05, 0) is 6.54 Å². The van der Waals surface area contributed by atoms with E-state index in [1.54, 1.807) is 0 Å². The number of hydrogen-bond acceptors (Lipinski definition) is 3. The molecule has 1 fully saturated rings. The maximum absolute atomic E-state index is 10.8. The SMILES string of the molecule is CCNC1COCC1C(N)=O. The molecule has 1 aliphatic heterocycles. The van der Waals surface area contributed by atoms with Gasteiger partial charge >= 0.3 is 0 Å². The second-order valence-electron chi connectivity index (χ2n) is 2.71. The number of amides is 1. The van der Waals surface area contributed by atoms with E-state index in [0.29, 0.717) is 13.2 Å². The molecule has 0 aromatic carbocycles. The van der Waals surface area contributed by atoms with Gasteiger partial charge in [-0.15, -0.1) is 0 Å². The van der Waals surface area contributed by atoms with E-state index >= 15 is 0 Å². The highest BCUT2D eigenvalue weighted by Gasteiger charge is 2.31. The van der Waals surface area contributed by atoms with E-state index in [1.807, 2.05) is 6.92 Å². The van der Waals surface area contributed by atoms with Crippen molar-refractivity contribution < 1.29 is 9.53 Å². The summed E-state index contributed by atoms with van der Waals surface area (Å²) in [5, 5.41) is 3.15. The molecular weight excluding hydrogens is 144 g/mol. The van der Waals surface area contributed by atoms with E-state index in [1.165, 1.54) is 0 Å². The minimum atomic E-state index is -0.270. The number of ether oxygens (including phenoxy) is 1. The summed E-state index contributed by atoms with van der Waals surface area (Å²) < 4.78 is 5.12. The zero-order valence-corrected chi connectivity index (χ0v) is 6.67. The Hall–Kier alpha value is -0.610. The summed E-state index contributed by atoms with van der Waals surface area (Å²) in [6.45, 7) is 3.91. The van der Waals surface area contributed by atoms with Crippen molar-refractivity contribution in [2.45, 2.75) is 13.0 Å². The molecule has 2 unspecified atom stereocenters. The van der Waals surface area contributed by atoms with Crippen LogP contribution in [0.3, 0.4) is 0 Å². The topological polar surface area (TPSA) is 64.3 Å². The van der Waals surface area contributed by atoms with E-state index in [4.69, 9.17) is 10.5 Å². The van der Waals surface area contributed by atoms with Gasteiger partial charge in [0.25, 0.3) is 0 Å². The fourth-order valence-electron chi connectivity index (χ4n) is 1.30. The summed E-state index contributed by atoms with van der Waals surface area (Å²) in [7, 11) is 0. The number of nitrogens with two attached hydrogens (primary N) is 1. The third kappa shape index (κ3) is 1.91. The Morgan fingerprint density at radius 3 is 3.00 bits per heavy atom. The van der Waals surface area contributed by atoms with Gasteiger partial charge < -0.3 is 15.8 Å². The summed E-state index contributed by atoms with van der Waals surface area (Å²) in [6, 6.07) is 0.123. The molecule has 0 aromatic rings. The molecule has 1 rings (SSSR count). The van der Waals surface area contributed by atoms with E-state index in [9.17, 15) is 4.79 Å². The summed E-state index contributed by atoms with van der Waals surface area (Å²) in [4.78, 5) is 10.8. The minimum absolute atomic E-state index is 0.123. The smallest absolute Gasteiger partial charge is 0.224 e. The average molecular weight is 158 g/mol. The fraction of sp³-hybridized carbons (Fsp3) is 0.857. The molecule has 0 saturated carbocycles. The van der Waals surface area contributed by atoms with Crippen molar-refractivity contribution >= 4 is 5.91 Å². The van der Waals surface area contributed by atoms with E-state index in [-0.39, 0.29) is 17.9 Å². The number of primary amides is 1. The molecule has 1 aliphatic rings. The Morgan fingerprint density at radius 2 is 2.45 bits per heavy atom. The predicted octanol–water partition coefficient (Wildman–Crippen LogP) is -0.904. The maximum Gasteiger partial charge on any atom is 0.224 e. The standard InChI is InChI=1S/C7H14N2O2/c1-2-9-6-4-11-3-5(6)7(8)10/h5-6,9H,2-4H2,1H3,(H2,8,10). The van der Waals surface area contributed by atoms with Gasteiger partial charge in [0, 0.05) is 6.04 Å². The monoisotopic (exact) mass is 158 g/mol. The largest absolute Gasteiger partial charge is 0.379 e. The Balaban J connectivity index is 2.44. The van der Waals surface area contributed by atoms with Crippen molar-refractivity contribution in [1.29, 1.82) is 0 Å². The lowest BCUT2D eigenvalue weighted by Gasteiger charge is -2.14. The lowest BCUT2D eigenvalue weighted by molar-refractivity contribution is -0.122. The van der Waals surface area contributed by atoms with Crippen LogP contribution in [-0.4, -0.2) is 31.7 Å². The molecule has 0 aromatic heterocycles. The molecule has 0 spiro atoms. The third-order valence-electron chi connectivity index (χ3n) is 1.91. The molecule has 3 N–H and O–H groups in total. The van der Waals surface area contributed by atoms with Crippen LogP contribution in [0.5, 0.6) is 0 Å². The van der Waals surface area contributed by atoms with Gasteiger partial charge in [0.1, 0.15) is 0 Å². The first-order valence-corrected chi connectivity index (χ1v) is 3.86. The Bertz CT molecular complexity index is 149. The molecule has 11 heavy (non-hydrogen) atoms. The molecule has 1 heterocycles. The van der Waals surface area contributed by atoms with Crippen LogP contribution in [0, 0.1) is 5.92 Å². The van der Waals surface area contributed by atoms with Crippen LogP contribution in [0.2, 0.25) is 0 Å². The minimum Gasteiger partial charge on any atom is -0.379 e. The van der Waals surface area contributed by atoms with Crippen LogP contribution in [0.25, 0.3) is 0 Å². The predicted molar refractivity (Wildman–Crippen MR) is 41.0 cm³/mol. The van der Waals surface area contributed by atoms with Gasteiger partial charge in [-0.1, -0.05) is 6.92 Å². The number of carbonyl (C=O) groups is 1. The van der Waals surface area contributed by atoms with Crippen molar-refractivity contribution in [3.05, 3.63) is 0 Å². The molecule has 0 aliphatic carbocycles. The van der Waals surface area contributed by atoms with Crippen molar-refractivity contribution in [2.75, 3.05) is 19.8 Å². The maximum atomic E-state index is 10.8. The molecule has 64 valence electrons. The summed E-state index contributed by atoms with van der Waals surface area (Å²) in [6.07, 6.45) is 0. The highest BCUT2D eigenvalue weighted by molar-refractivity contribution is 5.77. The van der Waals surface area contributed by atoms with Gasteiger partial charge in [0.2, 0.25) is 5.91 Å². The fourth-order valence-corrected chi connectivity index (χ4v) is 1.30. The third-order valence-corrected chi connectivity index (χ3v) is 1.91. The van der Waals surface area contributed by atoms with E-state index in [2.05, 4.69) is 5.32 Å². The first-order chi connectivity index (χ1) is 5.25. The lowest BCUT2D eigenvalue weighted by Crippen LogP contribution is -2.41. The lowest BCUT2D eigenvalue weighted by atomic mass is 10.0. The summed E-state index contributed by atoms with van der Waals surface area (Å²) >= 11 is 0. The van der Waals surface area contributed by atoms with Crippen LogP contribution < -0.4 is 11.1 Å².